The van der Waals surface area contributed by atoms with Crippen molar-refractivity contribution in [3.05, 3.63) is 0 Å². The van der Waals surface area contributed by atoms with Crippen LogP contribution in [0.4, 0.5) is 0 Å². The molecule has 1 aliphatic carbocycles. The van der Waals surface area contributed by atoms with Crippen LogP contribution in [0.2, 0.25) is 0 Å². The van der Waals surface area contributed by atoms with Crippen LogP contribution in [0.25, 0.3) is 0 Å². The number of hydrogen-bond donors (Lipinski definition) is 1. The monoisotopic (exact) mass is 154 g/mol. The first-order valence-corrected chi connectivity index (χ1v) is 4.08. The van der Waals surface area contributed by atoms with Gasteiger partial charge in [-0.25, -0.2) is 0 Å². The van der Waals surface area contributed by atoms with E-state index in [1.54, 1.807) is 7.05 Å². The molecule has 1 N–H and O–H groups in total. The maximum Gasteiger partial charge on any atom is 0.223 e. The van der Waals surface area contributed by atoms with E-state index in [1.807, 2.05) is 0 Å². The van der Waals surface area contributed by atoms with E-state index in [2.05, 4.69) is 17.3 Å². The van der Waals surface area contributed by atoms with Gasteiger partial charge in [-0.2, -0.15) is 0 Å². The van der Waals surface area contributed by atoms with E-state index in [9.17, 15) is 4.79 Å². The summed E-state index contributed by atoms with van der Waals surface area (Å²) in [6.45, 7) is 2.23. The SMILES string of the molecule is CNC(=O)[C@@H]1CC12CN(C)C2. The summed E-state index contributed by atoms with van der Waals surface area (Å²) in [5.74, 6) is 0.557. The van der Waals surface area contributed by atoms with Crippen LogP contribution in [0.15, 0.2) is 0 Å². The molecule has 0 bridgehead atoms. The molecule has 0 aromatic carbocycles. The first kappa shape index (κ1) is 7.10. The predicted octanol–water partition coefficient (Wildman–Crippen LogP) is -0.316. The van der Waals surface area contributed by atoms with Crippen molar-refractivity contribution >= 4 is 5.91 Å². The van der Waals surface area contributed by atoms with E-state index >= 15 is 0 Å². The molecule has 2 aliphatic rings. The van der Waals surface area contributed by atoms with Crippen LogP contribution in [0, 0.1) is 11.3 Å². The molecule has 1 saturated heterocycles. The Bertz CT molecular complexity index is 196. The van der Waals surface area contributed by atoms with Crippen molar-refractivity contribution in [3.63, 3.8) is 0 Å². The Morgan fingerprint density at radius 1 is 1.64 bits per heavy atom. The molecule has 2 rings (SSSR count). The Labute approximate surface area is 66.8 Å². The quantitative estimate of drug-likeness (QED) is 0.561. The predicted molar refractivity (Wildman–Crippen MR) is 42.1 cm³/mol. The highest BCUT2D eigenvalue weighted by Gasteiger charge is 2.63. The van der Waals surface area contributed by atoms with Gasteiger partial charge in [0.1, 0.15) is 0 Å². The van der Waals surface area contributed by atoms with Gasteiger partial charge >= 0.3 is 0 Å². The molecule has 0 unspecified atom stereocenters. The summed E-state index contributed by atoms with van der Waals surface area (Å²) in [5, 5.41) is 2.71. The Kier molecular flexibility index (Phi) is 1.27. The zero-order valence-electron chi connectivity index (χ0n) is 7.05. The van der Waals surface area contributed by atoms with Crippen LogP contribution >= 0.6 is 0 Å². The second-order valence-corrected chi connectivity index (χ2v) is 3.91. The number of nitrogens with zero attached hydrogens (tertiary/aromatic N) is 1. The van der Waals surface area contributed by atoms with Crippen LogP contribution in [-0.2, 0) is 4.79 Å². The summed E-state index contributed by atoms with van der Waals surface area (Å²) in [6.07, 6.45) is 1.11. The summed E-state index contributed by atoms with van der Waals surface area (Å²) < 4.78 is 0. The average molecular weight is 154 g/mol. The summed E-state index contributed by atoms with van der Waals surface area (Å²) in [4.78, 5) is 13.4. The maximum absolute atomic E-state index is 11.2. The second kappa shape index (κ2) is 1.97. The lowest BCUT2D eigenvalue weighted by molar-refractivity contribution is -0.123. The molecule has 1 amide bonds. The third-order valence-corrected chi connectivity index (χ3v) is 2.92. The molecule has 1 atom stereocenters. The summed E-state index contributed by atoms with van der Waals surface area (Å²) in [7, 11) is 3.82. The van der Waals surface area contributed by atoms with E-state index in [0.29, 0.717) is 11.3 Å². The van der Waals surface area contributed by atoms with E-state index in [4.69, 9.17) is 0 Å². The van der Waals surface area contributed by atoms with Crippen molar-refractivity contribution in [1.29, 1.82) is 0 Å². The van der Waals surface area contributed by atoms with Gasteiger partial charge in [-0.3, -0.25) is 4.79 Å². The lowest BCUT2D eigenvalue weighted by atomic mass is 9.94. The Morgan fingerprint density at radius 2 is 2.27 bits per heavy atom. The van der Waals surface area contributed by atoms with Gasteiger partial charge in [0.25, 0.3) is 0 Å². The normalized spacial score (nSPS) is 33.1. The largest absolute Gasteiger partial charge is 0.359 e. The molecule has 2 fully saturated rings. The van der Waals surface area contributed by atoms with E-state index in [1.165, 1.54) is 0 Å². The van der Waals surface area contributed by atoms with Gasteiger partial charge in [-0.05, 0) is 13.5 Å². The number of likely N-dealkylation sites (tertiary alicyclic amines) is 1. The van der Waals surface area contributed by atoms with Crippen LogP contribution in [0.3, 0.4) is 0 Å². The van der Waals surface area contributed by atoms with Crippen molar-refractivity contribution in [3.8, 4) is 0 Å². The van der Waals surface area contributed by atoms with Gasteiger partial charge in [0.05, 0.1) is 0 Å². The van der Waals surface area contributed by atoms with E-state index < -0.39 is 0 Å². The van der Waals surface area contributed by atoms with Crippen molar-refractivity contribution in [1.82, 2.24) is 10.2 Å². The van der Waals surface area contributed by atoms with E-state index in [0.717, 1.165) is 19.5 Å². The first-order chi connectivity index (χ1) is 5.18. The van der Waals surface area contributed by atoms with Crippen LogP contribution in [0.1, 0.15) is 6.42 Å². The number of carbonyl (C=O) groups is 1. The van der Waals surface area contributed by atoms with Gasteiger partial charge < -0.3 is 10.2 Å². The number of hydrogen-bond acceptors (Lipinski definition) is 2. The molecule has 0 aromatic rings. The number of rotatable bonds is 1. The topological polar surface area (TPSA) is 32.3 Å². The minimum atomic E-state index is 0.234. The molecular weight excluding hydrogens is 140 g/mol. The second-order valence-electron chi connectivity index (χ2n) is 3.91. The average Bonchev–Trinajstić information content (AvgIpc) is 2.61. The van der Waals surface area contributed by atoms with Gasteiger partial charge in [0, 0.05) is 31.5 Å². The molecule has 1 saturated carbocycles. The molecule has 62 valence electrons. The van der Waals surface area contributed by atoms with Crippen LogP contribution < -0.4 is 5.32 Å². The molecule has 3 nitrogen and oxygen atoms in total. The van der Waals surface area contributed by atoms with Crippen molar-refractivity contribution in [2.45, 2.75) is 6.42 Å². The molecular formula is C8H14N2O. The summed E-state index contributed by atoms with van der Waals surface area (Å²) in [6, 6.07) is 0. The zero-order chi connectivity index (χ0) is 8.06. The van der Waals surface area contributed by atoms with Crippen molar-refractivity contribution < 1.29 is 4.79 Å². The lowest BCUT2D eigenvalue weighted by Gasteiger charge is -2.37. The van der Waals surface area contributed by atoms with Gasteiger partial charge in [0.2, 0.25) is 5.91 Å². The zero-order valence-corrected chi connectivity index (χ0v) is 7.05. The minimum absolute atomic E-state index is 0.234. The molecule has 1 heterocycles. The third kappa shape index (κ3) is 0.872. The van der Waals surface area contributed by atoms with Crippen molar-refractivity contribution in [2.75, 3.05) is 27.2 Å². The van der Waals surface area contributed by atoms with Crippen LogP contribution in [-0.4, -0.2) is 38.0 Å². The van der Waals surface area contributed by atoms with Crippen molar-refractivity contribution in [2.24, 2.45) is 11.3 Å². The molecule has 3 heteroatoms. The first-order valence-electron chi connectivity index (χ1n) is 4.08. The number of carbonyl (C=O) groups excluding carboxylic acids is 1. The Hall–Kier alpha value is -0.570. The minimum Gasteiger partial charge on any atom is -0.359 e. The fourth-order valence-electron chi connectivity index (χ4n) is 2.27. The highest BCUT2D eigenvalue weighted by atomic mass is 16.2. The lowest BCUT2D eigenvalue weighted by Crippen LogP contribution is -2.48. The van der Waals surface area contributed by atoms with Gasteiger partial charge in [-0.15, -0.1) is 0 Å². The Morgan fingerprint density at radius 3 is 2.73 bits per heavy atom. The Balaban J connectivity index is 1.91. The summed E-state index contributed by atoms with van der Waals surface area (Å²) in [5.41, 5.74) is 0.398. The molecule has 1 spiro atoms. The van der Waals surface area contributed by atoms with Crippen LogP contribution in [0.5, 0.6) is 0 Å². The maximum atomic E-state index is 11.2. The number of amides is 1. The highest BCUT2D eigenvalue weighted by molar-refractivity contribution is 5.82. The standard InChI is InChI=1S/C8H14N2O/c1-9-7(11)6-3-8(6)4-10(2)5-8/h6H,3-5H2,1-2H3,(H,9,11)/t6-/m0/s1. The number of nitrogens with one attached hydrogen (secondary N) is 1. The third-order valence-electron chi connectivity index (χ3n) is 2.92. The molecule has 11 heavy (non-hydrogen) atoms. The van der Waals surface area contributed by atoms with E-state index in [-0.39, 0.29) is 5.91 Å². The smallest absolute Gasteiger partial charge is 0.223 e. The molecule has 1 aliphatic heterocycles. The molecule has 0 aromatic heterocycles. The fourth-order valence-corrected chi connectivity index (χ4v) is 2.27. The molecule has 0 radical (unpaired) electrons. The van der Waals surface area contributed by atoms with Gasteiger partial charge in [0.15, 0.2) is 0 Å². The highest BCUT2D eigenvalue weighted by Crippen LogP contribution is 2.58. The summed E-state index contributed by atoms with van der Waals surface area (Å²) >= 11 is 0. The fraction of sp³-hybridized carbons (Fsp3) is 0.875. The van der Waals surface area contributed by atoms with Gasteiger partial charge in [-0.1, -0.05) is 0 Å².